The molecule has 13 heteroatoms. The van der Waals surface area contributed by atoms with Crippen LogP contribution in [0, 0.1) is 15.9 Å². The molecule has 1 fully saturated rings. The Kier molecular flexibility index (Phi) is 9.07. The summed E-state index contributed by atoms with van der Waals surface area (Å²) in [5.74, 6) is -0.858. The fraction of sp³-hybridized carbons (Fsp3) is 0.241. The zero-order chi connectivity index (χ0) is 29.8. The first-order valence-electron chi connectivity index (χ1n) is 13.1. The molecule has 216 valence electrons. The molecule has 5 rings (SSSR count). The Hall–Kier alpha value is -3.97. The van der Waals surface area contributed by atoms with Crippen molar-refractivity contribution in [3.8, 4) is 5.75 Å². The van der Waals surface area contributed by atoms with Crippen molar-refractivity contribution in [1.29, 1.82) is 0 Å². The first-order valence-corrected chi connectivity index (χ1v) is 14.7. The van der Waals surface area contributed by atoms with Crippen molar-refractivity contribution in [1.82, 2.24) is 9.66 Å². The first-order chi connectivity index (χ1) is 20.2. The van der Waals surface area contributed by atoms with E-state index in [1.165, 1.54) is 41.2 Å². The van der Waals surface area contributed by atoms with Crippen molar-refractivity contribution >= 4 is 66.3 Å². The summed E-state index contributed by atoms with van der Waals surface area (Å²) in [6.45, 7) is -0.599. The Morgan fingerprint density at radius 2 is 1.93 bits per heavy atom. The molecular formula is C29H24Br2FN5O5. The number of benzene rings is 3. The van der Waals surface area contributed by atoms with Crippen LogP contribution in [0.5, 0.6) is 5.75 Å². The lowest BCUT2D eigenvalue weighted by Gasteiger charge is -2.22. The summed E-state index contributed by atoms with van der Waals surface area (Å²) in [5.41, 5.74) is 0.136. The van der Waals surface area contributed by atoms with Gasteiger partial charge < -0.3 is 10.1 Å². The predicted molar refractivity (Wildman–Crippen MR) is 164 cm³/mol. The van der Waals surface area contributed by atoms with E-state index in [2.05, 4.69) is 42.3 Å². The molecule has 1 heterocycles. The van der Waals surface area contributed by atoms with Crippen LogP contribution in [0.15, 0.2) is 73.4 Å². The van der Waals surface area contributed by atoms with E-state index in [0.29, 0.717) is 25.7 Å². The van der Waals surface area contributed by atoms with Gasteiger partial charge in [0, 0.05) is 32.2 Å². The highest BCUT2D eigenvalue weighted by atomic mass is 79.9. The monoisotopic (exact) mass is 699 g/mol. The number of nitro benzene ring substituents is 1. The third-order valence-corrected chi connectivity index (χ3v) is 7.78. The molecule has 1 aliphatic rings. The minimum atomic E-state index is -0.652. The molecular weight excluding hydrogens is 677 g/mol. The summed E-state index contributed by atoms with van der Waals surface area (Å²) in [7, 11) is 0. The van der Waals surface area contributed by atoms with Gasteiger partial charge in [0.05, 0.1) is 22.0 Å². The van der Waals surface area contributed by atoms with Gasteiger partial charge in [-0.1, -0.05) is 57.2 Å². The molecule has 0 spiro atoms. The molecule has 0 bridgehead atoms. The van der Waals surface area contributed by atoms with Gasteiger partial charge in [-0.05, 0) is 55.3 Å². The smallest absolute Gasteiger partial charge is 0.312 e. The lowest BCUT2D eigenvalue weighted by molar-refractivity contribution is -0.385. The number of carbonyl (C=O) groups excluding carboxylic acids is 1. The highest BCUT2D eigenvalue weighted by Crippen LogP contribution is 2.35. The van der Waals surface area contributed by atoms with E-state index in [4.69, 9.17) is 9.72 Å². The number of amides is 1. The van der Waals surface area contributed by atoms with Crippen molar-refractivity contribution in [3.05, 3.63) is 101 Å². The maximum absolute atomic E-state index is 13.7. The number of anilines is 1. The number of fused-ring (bicyclic) bond motifs is 1. The van der Waals surface area contributed by atoms with E-state index in [1.54, 1.807) is 12.1 Å². The van der Waals surface area contributed by atoms with Crippen molar-refractivity contribution in [2.75, 3.05) is 11.9 Å². The van der Waals surface area contributed by atoms with Gasteiger partial charge in [0.25, 0.3) is 11.5 Å². The van der Waals surface area contributed by atoms with Crippen LogP contribution in [-0.4, -0.2) is 33.3 Å². The fourth-order valence-electron chi connectivity index (χ4n) is 4.91. The largest absolute Gasteiger partial charge is 0.476 e. The Morgan fingerprint density at radius 3 is 2.67 bits per heavy atom. The number of ether oxygens (including phenoxy) is 1. The molecule has 0 saturated heterocycles. The quantitative estimate of drug-likeness (QED) is 0.121. The van der Waals surface area contributed by atoms with Gasteiger partial charge in [0.15, 0.2) is 6.61 Å². The van der Waals surface area contributed by atoms with Gasteiger partial charge in [-0.3, -0.25) is 19.7 Å². The van der Waals surface area contributed by atoms with E-state index in [0.717, 1.165) is 38.2 Å². The second-order valence-corrected chi connectivity index (χ2v) is 11.6. The van der Waals surface area contributed by atoms with Gasteiger partial charge in [0.2, 0.25) is 5.75 Å². The van der Waals surface area contributed by atoms with Gasteiger partial charge in [-0.25, -0.2) is 9.37 Å². The Labute approximate surface area is 256 Å². The van der Waals surface area contributed by atoms with E-state index in [1.807, 2.05) is 6.07 Å². The Balaban J connectivity index is 1.53. The second kappa shape index (κ2) is 12.9. The van der Waals surface area contributed by atoms with Crippen LogP contribution in [0.2, 0.25) is 0 Å². The molecule has 0 aliphatic heterocycles. The summed E-state index contributed by atoms with van der Waals surface area (Å²) < 4.78 is 21.5. The average Bonchev–Trinajstić information content (AvgIpc) is 2.96. The van der Waals surface area contributed by atoms with Gasteiger partial charge in [0.1, 0.15) is 11.6 Å². The van der Waals surface area contributed by atoms with Crippen LogP contribution < -0.4 is 15.6 Å². The van der Waals surface area contributed by atoms with Crippen LogP contribution in [-0.2, 0) is 4.79 Å². The number of aromatic nitrogens is 2. The lowest BCUT2D eigenvalue weighted by atomic mass is 9.88. The number of nitrogens with one attached hydrogen (secondary N) is 1. The van der Waals surface area contributed by atoms with Crippen LogP contribution in [0.3, 0.4) is 0 Å². The van der Waals surface area contributed by atoms with E-state index in [-0.39, 0.29) is 28.5 Å². The van der Waals surface area contributed by atoms with Crippen molar-refractivity contribution in [2.24, 2.45) is 5.10 Å². The molecule has 0 unspecified atom stereocenters. The predicted octanol–water partition coefficient (Wildman–Crippen LogP) is 6.92. The topological polar surface area (TPSA) is 129 Å². The molecule has 1 amide bonds. The molecule has 10 nitrogen and oxygen atoms in total. The zero-order valence-corrected chi connectivity index (χ0v) is 25.2. The third kappa shape index (κ3) is 6.73. The van der Waals surface area contributed by atoms with Gasteiger partial charge in [-0.15, -0.1) is 0 Å². The number of hydrogen-bond acceptors (Lipinski definition) is 7. The van der Waals surface area contributed by atoms with Crippen molar-refractivity contribution in [3.63, 3.8) is 0 Å². The minimum Gasteiger partial charge on any atom is -0.476 e. The number of rotatable bonds is 8. The zero-order valence-electron chi connectivity index (χ0n) is 22.1. The number of halogens is 3. The van der Waals surface area contributed by atoms with E-state index >= 15 is 0 Å². The number of hydrogen-bond donors (Lipinski definition) is 1. The summed E-state index contributed by atoms with van der Waals surface area (Å²) in [6, 6.07) is 13.4. The highest BCUT2D eigenvalue weighted by molar-refractivity contribution is 9.10. The van der Waals surface area contributed by atoms with Crippen LogP contribution in [0.25, 0.3) is 10.9 Å². The molecule has 1 saturated carbocycles. The van der Waals surface area contributed by atoms with Crippen molar-refractivity contribution in [2.45, 2.75) is 38.0 Å². The summed E-state index contributed by atoms with van der Waals surface area (Å²) >= 11 is 6.69. The number of nitrogens with zero attached hydrogens (tertiary/aromatic N) is 4. The molecule has 1 aromatic heterocycles. The first kappa shape index (κ1) is 29.5. The molecule has 4 aromatic rings. The maximum Gasteiger partial charge on any atom is 0.312 e. The third-order valence-electron chi connectivity index (χ3n) is 6.83. The number of carbonyl (C=O) groups is 1. The summed E-state index contributed by atoms with van der Waals surface area (Å²) in [5, 5.41) is 19.2. The van der Waals surface area contributed by atoms with Crippen LogP contribution >= 0.6 is 31.9 Å². The normalized spacial score (nSPS) is 13.9. The van der Waals surface area contributed by atoms with Gasteiger partial charge in [-0.2, -0.15) is 9.78 Å². The lowest BCUT2D eigenvalue weighted by Crippen LogP contribution is -2.25. The highest BCUT2D eigenvalue weighted by Gasteiger charge is 2.24. The number of nitro groups is 1. The summed E-state index contributed by atoms with van der Waals surface area (Å²) in [4.78, 5) is 42.3. The van der Waals surface area contributed by atoms with E-state index < -0.39 is 28.9 Å². The average molecular weight is 701 g/mol. The molecule has 0 atom stereocenters. The second-order valence-electron chi connectivity index (χ2n) is 9.78. The van der Waals surface area contributed by atoms with Crippen molar-refractivity contribution < 1.29 is 18.8 Å². The molecule has 1 N–H and O–H groups in total. The molecule has 1 aliphatic carbocycles. The molecule has 3 aromatic carbocycles. The molecule has 0 radical (unpaired) electrons. The fourth-order valence-corrected chi connectivity index (χ4v) is 5.74. The minimum absolute atomic E-state index is 0.0238. The maximum atomic E-state index is 13.7. The van der Waals surface area contributed by atoms with Crippen LogP contribution in [0.1, 0.15) is 49.4 Å². The van der Waals surface area contributed by atoms with E-state index in [9.17, 15) is 24.1 Å². The summed E-state index contributed by atoms with van der Waals surface area (Å²) in [6.07, 6.45) is 6.14. The molecule has 42 heavy (non-hydrogen) atoms. The standard InChI is InChI=1S/C29H24Br2FN5O5/c30-19-9-10-24-23(12-19)29(39)36(28(35-24)17-5-2-1-3-6-17)33-15-18-11-20(31)13-25(37(40)41)27(18)42-16-26(38)34-22-8-4-7-21(32)14-22/h4,7-15,17H,1-3,5-6,16H2,(H,34,38). The Bertz CT molecular complexity index is 1770. The SMILES string of the molecule is O=C(COc1c(C=Nn2c(C3CCCCC3)nc3ccc(Br)cc3c2=O)cc(Br)cc1[N+](=O)[O-])Nc1cccc(F)c1. The van der Waals surface area contributed by atoms with Crippen LogP contribution in [0.4, 0.5) is 15.8 Å². The van der Waals surface area contributed by atoms with Gasteiger partial charge >= 0.3 is 5.69 Å². The Morgan fingerprint density at radius 1 is 1.14 bits per heavy atom.